The Morgan fingerprint density at radius 1 is 0.897 bits per heavy atom. The highest BCUT2D eigenvalue weighted by Gasteiger charge is 2.23. The molecule has 0 spiro atoms. The summed E-state index contributed by atoms with van der Waals surface area (Å²) in [6.07, 6.45) is 1.84. The number of amides is 2. The van der Waals surface area contributed by atoms with Crippen molar-refractivity contribution in [3.63, 3.8) is 0 Å². The van der Waals surface area contributed by atoms with Crippen LogP contribution in [0.25, 0.3) is 16.9 Å². The molecule has 2 amide bonds. The fourth-order valence-corrected chi connectivity index (χ4v) is 4.10. The highest BCUT2D eigenvalue weighted by molar-refractivity contribution is 5.99. The van der Waals surface area contributed by atoms with Gasteiger partial charge in [-0.1, -0.05) is 30.3 Å². The van der Waals surface area contributed by atoms with E-state index in [1.165, 1.54) is 4.90 Å². The first-order chi connectivity index (χ1) is 18.8. The molecule has 0 atom stereocenters. The molecule has 4 rings (SSSR count). The molecule has 0 aliphatic heterocycles. The zero-order valence-electron chi connectivity index (χ0n) is 22.7. The van der Waals surface area contributed by atoms with Gasteiger partial charge in [0.05, 0.1) is 32.7 Å². The van der Waals surface area contributed by atoms with Crippen LogP contribution in [-0.2, 0) is 4.79 Å². The van der Waals surface area contributed by atoms with Crippen molar-refractivity contribution in [2.45, 2.75) is 19.9 Å². The van der Waals surface area contributed by atoms with Gasteiger partial charge in [0.25, 0.3) is 5.91 Å². The first-order valence-electron chi connectivity index (χ1n) is 12.5. The first kappa shape index (κ1) is 27.3. The van der Waals surface area contributed by atoms with Crippen molar-refractivity contribution in [3.8, 4) is 34.2 Å². The molecule has 202 valence electrons. The minimum Gasteiger partial charge on any atom is -0.497 e. The van der Waals surface area contributed by atoms with Crippen LogP contribution in [0.3, 0.4) is 0 Å². The fourth-order valence-electron chi connectivity index (χ4n) is 4.10. The van der Waals surface area contributed by atoms with Crippen LogP contribution in [0.4, 0.5) is 5.95 Å². The Bertz CT molecular complexity index is 1430. The summed E-state index contributed by atoms with van der Waals surface area (Å²) in [4.78, 5) is 32.8. The number of ether oxygens (including phenoxy) is 3. The Morgan fingerprint density at radius 2 is 1.59 bits per heavy atom. The second-order valence-electron chi connectivity index (χ2n) is 9.03. The summed E-state index contributed by atoms with van der Waals surface area (Å²) in [6.45, 7) is 3.58. The summed E-state index contributed by atoms with van der Waals surface area (Å²) < 4.78 is 17.8. The zero-order chi connectivity index (χ0) is 27.9. The van der Waals surface area contributed by atoms with Crippen LogP contribution in [0.1, 0.15) is 24.2 Å². The summed E-state index contributed by atoms with van der Waals surface area (Å²) >= 11 is 0. The average Bonchev–Trinajstić information content (AvgIpc) is 3.39. The Hall–Kier alpha value is -4.79. The van der Waals surface area contributed by atoms with E-state index in [1.807, 2.05) is 56.4 Å². The number of carbonyl (C=O) groups excluding carboxylic acids is 2. The number of nitrogens with one attached hydrogen (secondary N) is 1. The van der Waals surface area contributed by atoms with Crippen molar-refractivity contribution >= 4 is 17.8 Å². The van der Waals surface area contributed by atoms with Gasteiger partial charge in [0.1, 0.15) is 12.3 Å². The van der Waals surface area contributed by atoms with Gasteiger partial charge in [-0.3, -0.25) is 19.5 Å². The first-order valence-corrected chi connectivity index (χ1v) is 12.5. The van der Waals surface area contributed by atoms with E-state index in [1.54, 1.807) is 62.3 Å². The molecule has 0 saturated heterocycles. The van der Waals surface area contributed by atoms with E-state index in [0.29, 0.717) is 40.1 Å². The summed E-state index contributed by atoms with van der Waals surface area (Å²) in [6, 6.07) is 21.7. The molecule has 4 aromatic rings. The second kappa shape index (κ2) is 12.2. The van der Waals surface area contributed by atoms with Crippen molar-refractivity contribution in [2.24, 2.45) is 0 Å². The molecule has 0 bridgehead atoms. The van der Waals surface area contributed by atoms with Gasteiger partial charge >= 0.3 is 0 Å². The van der Waals surface area contributed by atoms with E-state index in [9.17, 15) is 9.59 Å². The number of methoxy groups -OCH3 is 3. The molecular weight excluding hydrogens is 496 g/mol. The lowest BCUT2D eigenvalue weighted by atomic mass is 10.1. The number of rotatable bonds is 10. The maximum Gasteiger partial charge on any atom is 0.254 e. The minimum atomic E-state index is -0.377. The van der Waals surface area contributed by atoms with Gasteiger partial charge in [-0.05, 0) is 50.2 Å². The van der Waals surface area contributed by atoms with E-state index < -0.39 is 0 Å². The van der Waals surface area contributed by atoms with E-state index in [0.717, 1.165) is 5.56 Å². The second-order valence-corrected chi connectivity index (χ2v) is 9.03. The molecule has 3 aromatic carbocycles. The van der Waals surface area contributed by atoms with Gasteiger partial charge < -0.3 is 19.1 Å². The Labute approximate surface area is 227 Å². The van der Waals surface area contributed by atoms with Crippen molar-refractivity contribution in [2.75, 3.05) is 33.2 Å². The molecular formula is C30H32N4O5. The SMILES string of the molecule is COc1ccc(C(=O)N(CC(=O)Nc2nc(-c3ccccc3)cn2-c2ccc(OC)c(OC)c2)C(C)C)cc1. The fraction of sp³-hybridized carbons (Fsp3) is 0.233. The van der Waals surface area contributed by atoms with Gasteiger partial charge in [0.15, 0.2) is 11.5 Å². The molecule has 0 unspecified atom stereocenters. The summed E-state index contributed by atoms with van der Waals surface area (Å²) in [5.74, 6) is 1.45. The Morgan fingerprint density at radius 3 is 2.21 bits per heavy atom. The zero-order valence-corrected chi connectivity index (χ0v) is 22.7. The normalized spacial score (nSPS) is 10.7. The quantitative estimate of drug-likeness (QED) is 0.309. The third-order valence-electron chi connectivity index (χ3n) is 6.21. The molecule has 9 nitrogen and oxygen atoms in total. The smallest absolute Gasteiger partial charge is 0.254 e. The third kappa shape index (κ3) is 6.20. The van der Waals surface area contributed by atoms with Crippen LogP contribution in [0.2, 0.25) is 0 Å². The number of aromatic nitrogens is 2. The minimum absolute atomic E-state index is 0.151. The largest absolute Gasteiger partial charge is 0.497 e. The van der Waals surface area contributed by atoms with Gasteiger partial charge in [0, 0.05) is 29.4 Å². The van der Waals surface area contributed by atoms with Crippen molar-refractivity contribution < 1.29 is 23.8 Å². The summed E-state index contributed by atoms with van der Waals surface area (Å²) in [5.41, 5.74) is 2.75. The number of imidazole rings is 1. The predicted molar refractivity (Wildman–Crippen MR) is 150 cm³/mol. The highest BCUT2D eigenvalue weighted by atomic mass is 16.5. The number of hydrogen-bond acceptors (Lipinski definition) is 6. The lowest BCUT2D eigenvalue weighted by Crippen LogP contribution is -2.42. The molecule has 0 saturated carbocycles. The van der Waals surface area contributed by atoms with Crippen LogP contribution in [0, 0.1) is 0 Å². The molecule has 1 N–H and O–H groups in total. The third-order valence-corrected chi connectivity index (χ3v) is 6.21. The molecule has 0 aliphatic rings. The summed E-state index contributed by atoms with van der Waals surface area (Å²) in [5, 5.41) is 2.90. The van der Waals surface area contributed by atoms with Crippen LogP contribution < -0.4 is 19.5 Å². The molecule has 1 heterocycles. The van der Waals surface area contributed by atoms with Crippen LogP contribution >= 0.6 is 0 Å². The average molecular weight is 529 g/mol. The summed E-state index contributed by atoms with van der Waals surface area (Å²) in [7, 11) is 4.70. The number of carbonyl (C=O) groups is 2. The van der Waals surface area contributed by atoms with Gasteiger partial charge in [-0.25, -0.2) is 4.98 Å². The van der Waals surface area contributed by atoms with E-state index >= 15 is 0 Å². The lowest BCUT2D eigenvalue weighted by Gasteiger charge is -2.26. The maximum absolute atomic E-state index is 13.3. The van der Waals surface area contributed by atoms with Gasteiger partial charge in [-0.15, -0.1) is 0 Å². The van der Waals surface area contributed by atoms with Gasteiger partial charge in [0.2, 0.25) is 11.9 Å². The maximum atomic E-state index is 13.3. The molecule has 0 radical (unpaired) electrons. The molecule has 1 aromatic heterocycles. The molecule has 39 heavy (non-hydrogen) atoms. The standard InChI is InChI=1S/C30H32N4O5/c1-20(2)33(29(36)22-11-14-24(37-3)15-12-22)19-28(35)32-30-31-25(21-9-7-6-8-10-21)18-34(30)23-13-16-26(38-4)27(17-23)39-5/h6-18,20H,19H2,1-5H3,(H,31,32,35). The van der Waals surface area contributed by atoms with Crippen molar-refractivity contribution in [1.29, 1.82) is 0 Å². The van der Waals surface area contributed by atoms with Gasteiger partial charge in [-0.2, -0.15) is 0 Å². The Kier molecular flexibility index (Phi) is 8.50. The Balaban J connectivity index is 1.64. The molecule has 9 heteroatoms. The van der Waals surface area contributed by atoms with Crippen molar-refractivity contribution in [3.05, 3.63) is 84.6 Å². The highest BCUT2D eigenvalue weighted by Crippen LogP contribution is 2.32. The van der Waals surface area contributed by atoms with Crippen LogP contribution in [0.5, 0.6) is 17.2 Å². The van der Waals surface area contributed by atoms with Crippen molar-refractivity contribution in [1.82, 2.24) is 14.5 Å². The molecule has 0 aliphatic carbocycles. The lowest BCUT2D eigenvalue weighted by molar-refractivity contribution is -0.117. The predicted octanol–water partition coefficient (Wildman–Crippen LogP) is 5.05. The topological polar surface area (TPSA) is 94.9 Å². The van der Waals surface area contributed by atoms with Crippen LogP contribution in [0.15, 0.2) is 79.0 Å². The number of hydrogen-bond donors (Lipinski definition) is 1. The van der Waals surface area contributed by atoms with Crippen LogP contribution in [-0.4, -0.2) is 60.2 Å². The van der Waals surface area contributed by atoms with E-state index in [4.69, 9.17) is 19.2 Å². The number of nitrogens with zero attached hydrogens (tertiary/aromatic N) is 3. The number of anilines is 1. The van der Waals surface area contributed by atoms with E-state index in [-0.39, 0.29) is 24.4 Å². The van der Waals surface area contributed by atoms with E-state index in [2.05, 4.69) is 5.32 Å². The molecule has 0 fully saturated rings. The number of benzene rings is 3. The monoisotopic (exact) mass is 528 g/mol.